The van der Waals surface area contributed by atoms with Crippen molar-refractivity contribution in [1.29, 1.82) is 0 Å². The summed E-state index contributed by atoms with van der Waals surface area (Å²) in [6, 6.07) is 0. The van der Waals surface area contributed by atoms with Gasteiger partial charge in [0.25, 0.3) is 0 Å². The zero-order valence-electron chi connectivity index (χ0n) is 8.21. The van der Waals surface area contributed by atoms with Crippen LogP contribution >= 0.6 is 8.69 Å². The summed E-state index contributed by atoms with van der Waals surface area (Å²) in [4.78, 5) is 0. The highest BCUT2D eigenvalue weighted by Gasteiger charge is 1.90. The lowest BCUT2D eigenvalue weighted by atomic mass is 10.1. The molecule has 0 aromatic rings. The number of hydrogen-bond donors (Lipinski definition) is 0. The van der Waals surface area contributed by atoms with Gasteiger partial charge in [-0.05, 0) is 19.3 Å². The molecule has 0 amide bonds. The maximum absolute atomic E-state index is 9.88. The van der Waals surface area contributed by atoms with Gasteiger partial charge >= 0.3 is 8.69 Å². The first kappa shape index (κ1) is 12.8. The Hall–Kier alpha value is -0.200. The molecule has 0 spiro atoms. The molecule has 0 heterocycles. The molecular weight excluding hydrogens is 183 g/mol. The molecule has 0 aliphatic rings. The first-order valence-electron chi connectivity index (χ1n) is 4.97. The zero-order chi connectivity index (χ0) is 9.78. The smallest absolute Gasteiger partial charge is 0.294 e. The molecule has 0 saturated heterocycles. The molecule has 0 bridgehead atoms. The molecule has 0 atom stereocenters. The summed E-state index contributed by atoms with van der Waals surface area (Å²) in [5.74, 6) is 0. The quantitative estimate of drug-likeness (QED) is 0.302. The van der Waals surface area contributed by atoms with Gasteiger partial charge in [0.05, 0.1) is 6.61 Å². The first-order chi connectivity index (χ1) is 6.41. The van der Waals surface area contributed by atoms with Crippen molar-refractivity contribution in [2.75, 3.05) is 6.61 Å². The van der Waals surface area contributed by atoms with E-state index in [-0.39, 0.29) is 8.69 Å². The second-order valence-electron chi connectivity index (χ2n) is 3.11. The van der Waals surface area contributed by atoms with Crippen molar-refractivity contribution >= 4 is 8.69 Å². The molecule has 0 aliphatic carbocycles. The minimum Gasteiger partial charge on any atom is -0.294 e. The average Bonchev–Trinajstić information content (AvgIpc) is 2.16. The number of allylic oxidation sites excluding steroid dienone is 1. The molecule has 3 heteroatoms. The van der Waals surface area contributed by atoms with Gasteiger partial charge in [0.2, 0.25) is 0 Å². The minimum absolute atomic E-state index is 0.188. The van der Waals surface area contributed by atoms with E-state index in [2.05, 4.69) is 11.1 Å². The summed E-state index contributed by atoms with van der Waals surface area (Å²) in [5.41, 5.74) is 0. The van der Waals surface area contributed by atoms with Gasteiger partial charge in [-0.1, -0.05) is 31.8 Å². The standard InChI is InChI=1S/C10H19O2P/c1-2-3-4-5-6-7-8-9-10-12-13-11/h2H,1,3-10H2. The monoisotopic (exact) mass is 202 g/mol. The molecule has 0 N–H and O–H groups in total. The summed E-state index contributed by atoms with van der Waals surface area (Å²) in [7, 11) is -0.188. The molecule has 2 nitrogen and oxygen atoms in total. The van der Waals surface area contributed by atoms with Crippen LogP contribution < -0.4 is 0 Å². The van der Waals surface area contributed by atoms with E-state index < -0.39 is 0 Å². The van der Waals surface area contributed by atoms with E-state index in [1.54, 1.807) is 0 Å². The fourth-order valence-electron chi connectivity index (χ4n) is 1.20. The van der Waals surface area contributed by atoms with Gasteiger partial charge in [-0.2, -0.15) is 0 Å². The Morgan fingerprint density at radius 3 is 2.31 bits per heavy atom. The summed E-state index contributed by atoms with van der Waals surface area (Å²) < 4.78 is 14.6. The summed E-state index contributed by atoms with van der Waals surface area (Å²) in [6.07, 6.45) is 10.4. The Morgan fingerprint density at radius 2 is 1.69 bits per heavy atom. The SMILES string of the molecule is C=CCCCCCCCCOP=O. The molecule has 0 saturated carbocycles. The van der Waals surface area contributed by atoms with Crippen molar-refractivity contribution in [1.82, 2.24) is 0 Å². The Labute approximate surface area is 82.7 Å². The number of rotatable bonds is 10. The average molecular weight is 202 g/mol. The van der Waals surface area contributed by atoms with E-state index in [1.165, 1.54) is 32.1 Å². The molecule has 76 valence electrons. The molecule has 13 heavy (non-hydrogen) atoms. The van der Waals surface area contributed by atoms with Crippen LogP contribution in [0.3, 0.4) is 0 Å². The van der Waals surface area contributed by atoms with Crippen LogP contribution in [0.25, 0.3) is 0 Å². The van der Waals surface area contributed by atoms with E-state index >= 15 is 0 Å². The van der Waals surface area contributed by atoms with Crippen LogP contribution in [-0.4, -0.2) is 6.61 Å². The second-order valence-corrected chi connectivity index (χ2v) is 3.51. The van der Waals surface area contributed by atoms with E-state index in [1.807, 2.05) is 6.08 Å². The minimum atomic E-state index is -0.188. The normalized spacial score (nSPS) is 10.5. The predicted octanol–water partition coefficient (Wildman–Crippen LogP) is 4.13. The van der Waals surface area contributed by atoms with Crippen LogP contribution in [0.15, 0.2) is 12.7 Å². The van der Waals surface area contributed by atoms with Gasteiger partial charge in [0.1, 0.15) is 0 Å². The highest BCUT2D eigenvalue weighted by molar-refractivity contribution is 7.17. The van der Waals surface area contributed by atoms with Crippen LogP contribution in [0.5, 0.6) is 0 Å². The van der Waals surface area contributed by atoms with Crippen LogP contribution in [0.2, 0.25) is 0 Å². The largest absolute Gasteiger partial charge is 0.327 e. The van der Waals surface area contributed by atoms with E-state index in [0.29, 0.717) is 6.61 Å². The van der Waals surface area contributed by atoms with Gasteiger partial charge in [0.15, 0.2) is 0 Å². The third kappa shape index (κ3) is 11.8. The van der Waals surface area contributed by atoms with E-state index in [0.717, 1.165) is 12.8 Å². The van der Waals surface area contributed by atoms with Gasteiger partial charge in [-0.15, -0.1) is 6.58 Å². The molecule has 0 rings (SSSR count). The second kappa shape index (κ2) is 11.8. The van der Waals surface area contributed by atoms with Crippen molar-refractivity contribution in [3.05, 3.63) is 12.7 Å². The lowest BCUT2D eigenvalue weighted by molar-refractivity contribution is 0.328. The predicted molar refractivity (Wildman–Crippen MR) is 56.1 cm³/mol. The number of unbranched alkanes of at least 4 members (excludes halogenated alkanes) is 6. The van der Waals surface area contributed by atoms with Gasteiger partial charge in [-0.3, -0.25) is 4.52 Å². The third-order valence-corrected chi connectivity index (χ3v) is 2.23. The van der Waals surface area contributed by atoms with Crippen molar-refractivity contribution in [2.24, 2.45) is 0 Å². The summed E-state index contributed by atoms with van der Waals surface area (Å²) in [6.45, 7) is 4.30. The molecule has 0 fully saturated rings. The molecular formula is C10H19O2P. The zero-order valence-corrected chi connectivity index (χ0v) is 9.10. The van der Waals surface area contributed by atoms with Gasteiger partial charge in [-0.25, -0.2) is 4.57 Å². The molecule has 0 aliphatic heterocycles. The van der Waals surface area contributed by atoms with Crippen molar-refractivity contribution < 1.29 is 9.09 Å². The Bertz CT molecular complexity index is 112. The van der Waals surface area contributed by atoms with Crippen LogP contribution in [-0.2, 0) is 9.09 Å². The lowest BCUT2D eigenvalue weighted by Gasteiger charge is -1.99. The Balaban J connectivity index is 2.83. The van der Waals surface area contributed by atoms with E-state index in [4.69, 9.17) is 0 Å². The van der Waals surface area contributed by atoms with Gasteiger partial charge < -0.3 is 0 Å². The summed E-state index contributed by atoms with van der Waals surface area (Å²) >= 11 is 0. The van der Waals surface area contributed by atoms with Crippen LogP contribution in [0.4, 0.5) is 0 Å². The van der Waals surface area contributed by atoms with Crippen molar-refractivity contribution in [3.63, 3.8) is 0 Å². The first-order valence-corrected chi connectivity index (χ1v) is 5.70. The highest BCUT2D eigenvalue weighted by Crippen LogP contribution is 2.08. The Kier molecular flexibility index (Phi) is 11.6. The fraction of sp³-hybridized carbons (Fsp3) is 0.800. The van der Waals surface area contributed by atoms with Crippen LogP contribution in [0.1, 0.15) is 44.9 Å². The fourth-order valence-corrected chi connectivity index (χ4v) is 1.40. The molecule has 0 aromatic carbocycles. The highest BCUT2D eigenvalue weighted by atomic mass is 31.1. The third-order valence-electron chi connectivity index (χ3n) is 1.95. The molecule has 0 radical (unpaired) electrons. The Morgan fingerprint density at radius 1 is 1.08 bits per heavy atom. The maximum atomic E-state index is 9.88. The van der Waals surface area contributed by atoms with Crippen molar-refractivity contribution in [3.8, 4) is 0 Å². The number of hydrogen-bond acceptors (Lipinski definition) is 2. The molecule has 0 aromatic heterocycles. The van der Waals surface area contributed by atoms with Crippen molar-refractivity contribution in [2.45, 2.75) is 44.9 Å². The molecule has 0 unspecified atom stereocenters. The maximum Gasteiger partial charge on any atom is 0.327 e. The summed E-state index contributed by atoms with van der Waals surface area (Å²) in [5, 5.41) is 0. The topological polar surface area (TPSA) is 26.3 Å². The van der Waals surface area contributed by atoms with Crippen LogP contribution in [0, 0.1) is 0 Å². The lowest BCUT2D eigenvalue weighted by Crippen LogP contribution is -1.85. The van der Waals surface area contributed by atoms with Gasteiger partial charge in [0, 0.05) is 0 Å². The van der Waals surface area contributed by atoms with E-state index in [9.17, 15) is 4.57 Å².